The van der Waals surface area contributed by atoms with E-state index in [4.69, 9.17) is 15.2 Å². The first-order valence-corrected chi connectivity index (χ1v) is 7.77. The van der Waals surface area contributed by atoms with E-state index in [1.165, 1.54) is 23.5 Å². The molecule has 0 saturated carbocycles. The van der Waals surface area contributed by atoms with Gasteiger partial charge in [0.15, 0.2) is 0 Å². The Labute approximate surface area is 119 Å². The fourth-order valence-electron chi connectivity index (χ4n) is 2.31. The van der Waals surface area contributed by atoms with E-state index in [1.54, 1.807) is 6.07 Å². The number of benzene rings is 1. The molecule has 0 amide bonds. The predicted molar refractivity (Wildman–Crippen MR) is 76.2 cm³/mol. The minimum Gasteiger partial charge on any atom is -0.495 e. The van der Waals surface area contributed by atoms with Gasteiger partial charge in [0.25, 0.3) is 0 Å². The van der Waals surface area contributed by atoms with E-state index in [0.29, 0.717) is 25.4 Å². The van der Waals surface area contributed by atoms with Crippen LogP contribution in [0.5, 0.6) is 5.75 Å². The minimum absolute atomic E-state index is 0.129. The van der Waals surface area contributed by atoms with Crippen LogP contribution < -0.4 is 10.5 Å². The number of nitrogens with zero attached hydrogens (tertiary/aromatic N) is 1. The number of hydrogen-bond donors (Lipinski definition) is 1. The van der Waals surface area contributed by atoms with Crippen molar-refractivity contribution < 1.29 is 17.9 Å². The molecule has 0 aliphatic carbocycles. The van der Waals surface area contributed by atoms with Crippen LogP contribution in [0.15, 0.2) is 23.1 Å². The summed E-state index contributed by atoms with van der Waals surface area (Å²) in [6.07, 6.45) is 0. The molecule has 2 N–H and O–H groups in total. The lowest BCUT2D eigenvalue weighted by Gasteiger charge is -2.40. The zero-order valence-corrected chi connectivity index (χ0v) is 12.7. The maximum atomic E-state index is 12.8. The van der Waals surface area contributed by atoms with Crippen molar-refractivity contribution >= 4 is 15.7 Å². The molecule has 0 bridgehead atoms. The van der Waals surface area contributed by atoms with E-state index in [-0.39, 0.29) is 10.6 Å². The summed E-state index contributed by atoms with van der Waals surface area (Å²) < 4.78 is 37.7. The summed E-state index contributed by atoms with van der Waals surface area (Å²) in [7, 11) is -2.23. The van der Waals surface area contributed by atoms with Gasteiger partial charge in [0.1, 0.15) is 10.6 Å². The van der Waals surface area contributed by atoms with Gasteiger partial charge in [0.05, 0.1) is 25.9 Å². The summed E-state index contributed by atoms with van der Waals surface area (Å²) in [6, 6.07) is 4.55. The summed E-state index contributed by atoms with van der Waals surface area (Å²) in [5, 5.41) is 0. The maximum absolute atomic E-state index is 12.8. The molecule has 20 heavy (non-hydrogen) atoms. The summed E-state index contributed by atoms with van der Waals surface area (Å²) in [5.74, 6) is 0.257. The SMILES string of the molecule is COc1cc(N)ccc1S(=O)(=O)N1CCOCC1(C)C. The highest BCUT2D eigenvalue weighted by Gasteiger charge is 2.40. The molecule has 0 aromatic heterocycles. The monoisotopic (exact) mass is 300 g/mol. The van der Waals surface area contributed by atoms with Gasteiger partial charge in [-0.25, -0.2) is 8.42 Å². The molecule has 1 aliphatic rings. The molecule has 6 nitrogen and oxygen atoms in total. The topological polar surface area (TPSA) is 81.9 Å². The van der Waals surface area contributed by atoms with Crippen LogP contribution in [0.4, 0.5) is 5.69 Å². The molecule has 1 heterocycles. The van der Waals surface area contributed by atoms with E-state index < -0.39 is 15.6 Å². The summed E-state index contributed by atoms with van der Waals surface area (Å²) in [4.78, 5) is 0.129. The molecule has 0 atom stereocenters. The van der Waals surface area contributed by atoms with Crippen LogP contribution in [-0.4, -0.2) is 45.1 Å². The standard InChI is InChI=1S/C13H20N2O4S/c1-13(2)9-19-7-6-15(13)20(16,17)12-5-4-10(14)8-11(12)18-3/h4-5,8H,6-7,9,14H2,1-3H3. The Morgan fingerprint density at radius 2 is 2.10 bits per heavy atom. The second-order valence-corrected chi connectivity index (χ2v) is 7.18. The van der Waals surface area contributed by atoms with Gasteiger partial charge < -0.3 is 15.2 Å². The number of sulfonamides is 1. The van der Waals surface area contributed by atoms with E-state index in [1.807, 2.05) is 13.8 Å². The highest BCUT2D eigenvalue weighted by atomic mass is 32.2. The zero-order valence-electron chi connectivity index (χ0n) is 11.9. The quantitative estimate of drug-likeness (QED) is 0.845. The van der Waals surface area contributed by atoms with Crippen LogP contribution in [0.1, 0.15) is 13.8 Å². The van der Waals surface area contributed by atoms with Crippen molar-refractivity contribution in [2.24, 2.45) is 0 Å². The average Bonchev–Trinajstić information content (AvgIpc) is 2.37. The zero-order chi connectivity index (χ0) is 15.0. The number of ether oxygens (including phenoxy) is 2. The molecule has 1 fully saturated rings. The molecule has 1 aromatic carbocycles. The Hall–Kier alpha value is -1.31. The van der Waals surface area contributed by atoms with Gasteiger partial charge in [-0.3, -0.25) is 0 Å². The van der Waals surface area contributed by atoms with Gasteiger partial charge >= 0.3 is 0 Å². The number of anilines is 1. The predicted octanol–water partition coefficient (Wildman–Crippen LogP) is 1.08. The molecule has 1 saturated heterocycles. The Morgan fingerprint density at radius 3 is 2.70 bits per heavy atom. The fraction of sp³-hybridized carbons (Fsp3) is 0.538. The van der Waals surface area contributed by atoms with Crippen molar-refractivity contribution in [2.75, 3.05) is 32.6 Å². The number of morpholine rings is 1. The first kappa shape index (κ1) is 15.1. The highest BCUT2D eigenvalue weighted by molar-refractivity contribution is 7.89. The third-order valence-corrected chi connectivity index (χ3v) is 5.48. The molecule has 2 rings (SSSR count). The average molecular weight is 300 g/mol. The van der Waals surface area contributed by atoms with E-state index in [2.05, 4.69) is 0 Å². The number of hydrogen-bond acceptors (Lipinski definition) is 5. The van der Waals surface area contributed by atoms with Gasteiger partial charge in [-0.2, -0.15) is 4.31 Å². The highest BCUT2D eigenvalue weighted by Crippen LogP contribution is 2.33. The third-order valence-electron chi connectivity index (χ3n) is 3.32. The molecule has 112 valence electrons. The van der Waals surface area contributed by atoms with Crippen molar-refractivity contribution in [3.05, 3.63) is 18.2 Å². The van der Waals surface area contributed by atoms with Crippen LogP contribution in [0.3, 0.4) is 0 Å². The molecule has 1 aliphatic heterocycles. The van der Waals surface area contributed by atoms with Gasteiger partial charge in [-0.15, -0.1) is 0 Å². The van der Waals surface area contributed by atoms with Crippen LogP contribution in [0.2, 0.25) is 0 Å². The van der Waals surface area contributed by atoms with Crippen molar-refractivity contribution in [3.8, 4) is 5.75 Å². The second kappa shape index (κ2) is 5.23. The lowest BCUT2D eigenvalue weighted by Crippen LogP contribution is -2.55. The Kier molecular flexibility index (Phi) is 3.95. The normalized spacial score (nSPS) is 19.8. The van der Waals surface area contributed by atoms with E-state index in [9.17, 15) is 8.42 Å². The smallest absolute Gasteiger partial charge is 0.247 e. The van der Waals surface area contributed by atoms with Gasteiger partial charge in [-0.1, -0.05) is 0 Å². The summed E-state index contributed by atoms with van der Waals surface area (Å²) in [6.45, 7) is 4.76. The Morgan fingerprint density at radius 1 is 1.40 bits per heavy atom. The molecule has 0 spiro atoms. The fourth-order valence-corrected chi connectivity index (χ4v) is 4.20. The van der Waals surface area contributed by atoms with E-state index >= 15 is 0 Å². The maximum Gasteiger partial charge on any atom is 0.247 e. The first-order valence-electron chi connectivity index (χ1n) is 6.33. The van der Waals surface area contributed by atoms with Crippen LogP contribution in [-0.2, 0) is 14.8 Å². The Balaban J connectivity index is 2.50. The summed E-state index contributed by atoms with van der Waals surface area (Å²) in [5.41, 5.74) is 5.54. The molecular formula is C13H20N2O4S. The first-order chi connectivity index (χ1) is 9.29. The van der Waals surface area contributed by atoms with Gasteiger partial charge in [0.2, 0.25) is 10.0 Å². The van der Waals surface area contributed by atoms with Gasteiger partial charge in [-0.05, 0) is 26.0 Å². The van der Waals surface area contributed by atoms with E-state index in [0.717, 1.165) is 0 Å². The van der Waals surface area contributed by atoms with Crippen LogP contribution in [0, 0.1) is 0 Å². The summed E-state index contributed by atoms with van der Waals surface area (Å²) >= 11 is 0. The number of nitrogen functional groups attached to an aromatic ring is 1. The van der Waals surface area contributed by atoms with Crippen molar-refractivity contribution in [2.45, 2.75) is 24.3 Å². The largest absolute Gasteiger partial charge is 0.495 e. The number of rotatable bonds is 3. The molecular weight excluding hydrogens is 280 g/mol. The lowest BCUT2D eigenvalue weighted by atomic mass is 10.1. The lowest BCUT2D eigenvalue weighted by molar-refractivity contribution is -0.00775. The molecule has 7 heteroatoms. The van der Waals surface area contributed by atoms with Crippen molar-refractivity contribution in [3.63, 3.8) is 0 Å². The number of methoxy groups -OCH3 is 1. The van der Waals surface area contributed by atoms with Crippen molar-refractivity contribution in [1.29, 1.82) is 0 Å². The molecule has 0 radical (unpaired) electrons. The molecule has 0 unspecified atom stereocenters. The minimum atomic E-state index is -3.66. The third kappa shape index (κ3) is 2.61. The van der Waals surface area contributed by atoms with Gasteiger partial charge in [0, 0.05) is 18.3 Å². The Bertz CT molecular complexity index is 598. The second-order valence-electron chi connectivity index (χ2n) is 5.35. The van der Waals surface area contributed by atoms with Crippen LogP contribution >= 0.6 is 0 Å². The number of nitrogens with two attached hydrogens (primary N) is 1. The van der Waals surface area contributed by atoms with Crippen molar-refractivity contribution in [1.82, 2.24) is 4.31 Å². The van der Waals surface area contributed by atoms with Crippen LogP contribution in [0.25, 0.3) is 0 Å². The molecule has 1 aromatic rings.